The summed E-state index contributed by atoms with van der Waals surface area (Å²) < 4.78 is 5.09. The molecule has 5 nitrogen and oxygen atoms in total. The molecule has 0 aromatic rings. The molecule has 0 saturated heterocycles. The van der Waals surface area contributed by atoms with Gasteiger partial charge in [0.25, 0.3) is 5.91 Å². The maximum absolute atomic E-state index is 11.7. The minimum Gasteiger partial charge on any atom is -0.443 e. The fourth-order valence-electron chi connectivity index (χ4n) is 1.34. The number of hydrogen-bond acceptors (Lipinski definition) is 4. The summed E-state index contributed by atoms with van der Waals surface area (Å²) in [5, 5.41) is 9.52. The molecule has 0 aromatic carbocycles. The van der Waals surface area contributed by atoms with Gasteiger partial charge in [-0.2, -0.15) is 0 Å². The highest BCUT2D eigenvalue weighted by atomic mass is 16.6. The van der Waals surface area contributed by atoms with Gasteiger partial charge in [0, 0.05) is 6.08 Å². The molecule has 16 heavy (non-hydrogen) atoms. The van der Waals surface area contributed by atoms with E-state index >= 15 is 0 Å². The van der Waals surface area contributed by atoms with Gasteiger partial charge in [0.1, 0.15) is 5.60 Å². The van der Waals surface area contributed by atoms with Crippen molar-refractivity contribution in [1.82, 2.24) is 4.90 Å². The lowest BCUT2D eigenvalue weighted by atomic mass is 10.1. The molecule has 1 N–H and O–H groups in total. The second-order valence-electron chi connectivity index (χ2n) is 4.78. The van der Waals surface area contributed by atoms with E-state index < -0.39 is 29.7 Å². The van der Waals surface area contributed by atoms with E-state index in [1.165, 1.54) is 12.2 Å². The van der Waals surface area contributed by atoms with Crippen LogP contribution in [0.5, 0.6) is 0 Å². The van der Waals surface area contributed by atoms with E-state index in [1.807, 2.05) is 0 Å². The van der Waals surface area contributed by atoms with Crippen molar-refractivity contribution in [1.29, 1.82) is 0 Å². The molecule has 1 aliphatic heterocycles. The Morgan fingerprint density at radius 2 is 2.06 bits per heavy atom. The number of nitrogens with zero attached hydrogens (tertiary/aromatic N) is 1. The van der Waals surface area contributed by atoms with E-state index in [-0.39, 0.29) is 0 Å². The third-order valence-electron chi connectivity index (χ3n) is 2.17. The Labute approximate surface area is 94.7 Å². The van der Waals surface area contributed by atoms with Crippen molar-refractivity contribution < 1.29 is 19.4 Å². The third kappa shape index (κ3) is 2.82. The molecule has 0 aromatic heterocycles. The molecule has 0 bridgehead atoms. The van der Waals surface area contributed by atoms with Crippen LogP contribution in [-0.2, 0) is 9.53 Å². The lowest BCUT2D eigenvalue weighted by Gasteiger charge is -2.33. The van der Waals surface area contributed by atoms with Crippen molar-refractivity contribution >= 4 is 12.0 Å². The largest absolute Gasteiger partial charge is 0.443 e. The summed E-state index contributed by atoms with van der Waals surface area (Å²) in [5.74, 6) is -0.466. The Morgan fingerprint density at radius 1 is 1.50 bits per heavy atom. The predicted molar refractivity (Wildman–Crippen MR) is 57.7 cm³/mol. The molecule has 2 atom stereocenters. The van der Waals surface area contributed by atoms with Crippen LogP contribution in [0.15, 0.2) is 12.2 Å². The topological polar surface area (TPSA) is 66.8 Å². The summed E-state index contributed by atoms with van der Waals surface area (Å²) >= 11 is 0. The summed E-state index contributed by atoms with van der Waals surface area (Å²) in [6, 6.07) is -0.604. The number of aliphatic hydroxyl groups excluding tert-OH is 1. The van der Waals surface area contributed by atoms with E-state index in [2.05, 4.69) is 0 Å². The average Bonchev–Trinajstić information content (AvgIpc) is 2.09. The van der Waals surface area contributed by atoms with E-state index in [0.29, 0.717) is 0 Å². The van der Waals surface area contributed by atoms with Gasteiger partial charge in [-0.15, -0.1) is 0 Å². The quantitative estimate of drug-likeness (QED) is 0.672. The lowest BCUT2D eigenvalue weighted by molar-refractivity contribution is -0.129. The number of ether oxygens (including phenoxy) is 1. The van der Waals surface area contributed by atoms with Crippen LogP contribution in [0.4, 0.5) is 4.79 Å². The normalized spacial score (nSPS) is 25.8. The van der Waals surface area contributed by atoms with Gasteiger partial charge in [-0.25, -0.2) is 9.69 Å². The molecule has 0 saturated carbocycles. The smallest absolute Gasteiger partial charge is 0.417 e. The zero-order chi connectivity index (χ0) is 12.5. The minimum atomic E-state index is -0.842. The van der Waals surface area contributed by atoms with Crippen LogP contribution in [-0.4, -0.2) is 39.8 Å². The number of carbonyl (C=O) groups is 2. The zero-order valence-electron chi connectivity index (χ0n) is 9.93. The summed E-state index contributed by atoms with van der Waals surface area (Å²) in [4.78, 5) is 24.1. The number of imide groups is 1. The Hall–Kier alpha value is -1.36. The second-order valence-corrected chi connectivity index (χ2v) is 4.78. The number of aliphatic hydroxyl groups is 1. The summed E-state index contributed by atoms with van der Waals surface area (Å²) in [6.07, 6.45) is 0.973. The number of rotatable bonds is 0. The Morgan fingerprint density at radius 3 is 2.56 bits per heavy atom. The van der Waals surface area contributed by atoms with E-state index in [1.54, 1.807) is 27.7 Å². The van der Waals surface area contributed by atoms with Crippen LogP contribution in [0.25, 0.3) is 0 Å². The Bertz CT molecular complexity index is 329. The van der Waals surface area contributed by atoms with Crippen molar-refractivity contribution in [3.8, 4) is 0 Å². The first-order valence-corrected chi connectivity index (χ1v) is 5.15. The molecule has 0 fully saturated rings. The number of amides is 2. The predicted octanol–water partition coefficient (Wildman–Crippen LogP) is 1.07. The van der Waals surface area contributed by atoms with Crippen LogP contribution < -0.4 is 0 Å². The second kappa shape index (κ2) is 4.25. The molecular weight excluding hydrogens is 210 g/mol. The first-order valence-electron chi connectivity index (χ1n) is 5.15. The highest BCUT2D eigenvalue weighted by Gasteiger charge is 2.35. The summed E-state index contributed by atoms with van der Waals surface area (Å²) in [6.45, 7) is 6.75. The van der Waals surface area contributed by atoms with Crippen LogP contribution in [0.3, 0.4) is 0 Å². The first-order chi connectivity index (χ1) is 7.22. The van der Waals surface area contributed by atoms with Gasteiger partial charge in [-0.05, 0) is 33.8 Å². The number of carbonyl (C=O) groups excluding carboxylic acids is 2. The Kier molecular flexibility index (Phi) is 3.38. The van der Waals surface area contributed by atoms with Gasteiger partial charge >= 0.3 is 6.09 Å². The van der Waals surface area contributed by atoms with E-state index in [0.717, 1.165) is 4.90 Å². The number of hydrogen-bond donors (Lipinski definition) is 1. The molecule has 2 amide bonds. The van der Waals surface area contributed by atoms with Crippen molar-refractivity contribution in [2.45, 2.75) is 45.4 Å². The SMILES string of the molecule is C[C@@H]1[C@@H](O)C=CC(=O)N1C(=O)OC(C)(C)C. The third-order valence-corrected chi connectivity index (χ3v) is 2.17. The molecule has 5 heteroatoms. The highest BCUT2D eigenvalue weighted by molar-refractivity contribution is 6.00. The zero-order valence-corrected chi connectivity index (χ0v) is 9.93. The summed E-state index contributed by atoms with van der Waals surface area (Å²) in [5.41, 5.74) is -0.663. The Balaban J connectivity index is 2.83. The average molecular weight is 227 g/mol. The molecule has 0 spiro atoms. The standard InChI is InChI=1S/C11H17NO4/c1-7-8(13)5-6-9(14)12(7)10(15)16-11(2,3)4/h5-8,13H,1-4H3/t7-,8+/m1/s1. The molecule has 1 rings (SSSR count). The van der Waals surface area contributed by atoms with Crippen molar-refractivity contribution in [2.75, 3.05) is 0 Å². The molecule has 0 radical (unpaired) electrons. The van der Waals surface area contributed by atoms with Crippen LogP contribution in [0, 0.1) is 0 Å². The van der Waals surface area contributed by atoms with Crippen LogP contribution >= 0.6 is 0 Å². The van der Waals surface area contributed by atoms with Gasteiger partial charge in [0.2, 0.25) is 0 Å². The first kappa shape index (κ1) is 12.7. The fraction of sp³-hybridized carbons (Fsp3) is 0.636. The van der Waals surface area contributed by atoms with Crippen molar-refractivity contribution in [2.24, 2.45) is 0 Å². The van der Waals surface area contributed by atoms with Crippen LogP contribution in [0.2, 0.25) is 0 Å². The molecular formula is C11H17NO4. The van der Waals surface area contributed by atoms with Gasteiger partial charge in [-0.3, -0.25) is 4.79 Å². The lowest BCUT2D eigenvalue weighted by Crippen LogP contribution is -2.51. The van der Waals surface area contributed by atoms with Gasteiger partial charge in [0.05, 0.1) is 12.1 Å². The van der Waals surface area contributed by atoms with E-state index in [9.17, 15) is 14.7 Å². The van der Waals surface area contributed by atoms with Crippen molar-refractivity contribution in [3.05, 3.63) is 12.2 Å². The van der Waals surface area contributed by atoms with Gasteiger partial charge in [0.15, 0.2) is 0 Å². The monoisotopic (exact) mass is 227 g/mol. The maximum atomic E-state index is 11.7. The van der Waals surface area contributed by atoms with Gasteiger partial charge < -0.3 is 9.84 Å². The van der Waals surface area contributed by atoms with Crippen molar-refractivity contribution in [3.63, 3.8) is 0 Å². The van der Waals surface area contributed by atoms with E-state index in [4.69, 9.17) is 4.74 Å². The van der Waals surface area contributed by atoms with Gasteiger partial charge in [-0.1, -0.05) is 0 Å². The highest BCUT2D eigenvalue weighted by Crippen LogP contribution is 2.17. The maximum Gasteiger partial charge on any atom is 0.417 e. The molecule has 0 aliphatic carbocycles. The molecule has 0 unspecified atom stereocenters. The minimum absolute atomic E-state index is 0.466. The summed E-state index contributed by atoms with van der Waals surface area (Å²) in [7, 11) is 0. The molecule has 1 heterocycles. The molecule has 1 aliphatic rings. The molecule has 90 valence electrons. The van der Waals surface area contributed by atoms with Crippen LogP contribution in [0.1, 0.15) is 27.7 Å². The fourth-order valence-corrected chi connectivity index (χ4v) is 1.34.